The Balaban J connectivity index is 1.59. The normalized spacial score (nSPS) is 13.7. The number of pyridine rings is 1. The third kappa shape index (κ3) is 2.79. The Bertz CT molecular complexity index is 598. The first-order valence-electron chi connectivity index (χ1n) is 6.82. The molecule has 4 heteroatoms. The van der Waals surface area contributed by atoms with Gasteiger partial charge in [-0.15, -0.1) is 0 Å². The Kier molecular flexibility index (Phi) is 3.63. The minimum atomic E-state index is -0.0230. The molecule has 0 fully saturated rings. The summed E-state index contributed by atoms with van der Waals surface area (Å²) in [5.74, 6) is 0. The first-order chi connectivity index (χ1) is 9.83. The molecule has 102 valence electrons. The van der Waals surface area contributed by atoms with Crippen molar-refractivity contribution in [2.24, 2.45) is 0 Å². The smallest absolute Gasteiger partial charge is 0.318 e. The molecular formula is C16H17N3O. The monoisotopic (exact) mass is 267 g/mol. The maximum atomic E-state index is 12.2. The number of nitrogens with one attached hydrogen (secondary N) is 1. The fraction of sp³-hybridized carbons (Fsp3) is 0.250. The van der Waals surface area contributed by atoms with Crippen LogP contribution in [0.5, 0.6) is 0 Å². The molecule has 1 aromatic heterocycles. The van der Waals surface area contributed by atoms with Gasteiger partial charge < -0.3 is 10.2 Å². The molecule has 2 aromatic rings. The van der Waals surface area contributed by atoms with E-state index >= 15 is 0 Å². The number of carbonyl (C=O) groups excluding carboxylic acids is 1. The number of benzene rings is 1. The third-order valence-electron chi connectivity index (χ3n) is 3.56. The summed E-state index contributed by atoms with van der Waals surface area (Å²) in [6, 6.07) is 14.0. The number of carbonyl (C=O) groups is 1. The van der Waals surface area contributed by atoms with Crippen LogP contribution in [0.2, 0.25) is 0 Å². The predicted molar refractivity (Wildman–Crippen MR) is 77.0 cm³/mol. The lowest BCUT2D eigenvalue weighted by Crippen LogP contribution is -2.42. The van der Waals surface area contributed by atoms with Gasteiger partial charge in [-0.25, -0.2) is 4.79 Å². The number of nitrogens with zero attached hydrogens (tertiary/aromatic N) is 2. The second-order valence-corrected chi connectivity index (χ2v) is 4.92. The van der Waals surface area contributed by atoms with Gasteiger partial charge >= 0.3 is 6.03 Å². The largest absolute Gasteiger partial charge is 0.332 e. The average molecular weight is 267 g/mol. The van der Waals surface area contributed by atoms with E-state index in [1.807, 2.05) is 29.2 Å². The van der Waals surface area contributed by atoms with Crippen LogP contribution in [0.1, 0.15) is 16.8 Å². The SMILES string of the molecule is O=C(NCc1ccccn1)N1CCc2ccccc2C1. The van der Waals surface area contributed by atoms with Crippen LogP contribution in [0, 0.1) is 0 Å². The summed E-state index contributed by atoms with van der Waals surface area (Å²) in [4.78, 5) is 18.2. The second-order valence-electron chi connectivity index (χ2n) is 4.92. The van der Waals surface area contributed by atoms with Gasteiger partial charge in [-0.2, -0.15) is 0 Å². The summed E-state index contributed by atoms with van der Waals surface area (Å²) in [5.41, 5.74) is 3.46. The highest BCUT2D eigenvalue weighted by atomic mass is 16.2. The summed E-state index contributed by atoms with van der Waals surface area (Å²) in [6.45, 7) is 1.92. The van der Waals surface area contributed by atoms with Crippen LogP contribution in [0.15, 0.2) is 48.7 Å². The molecule has 1 aliphatic rings. The van der Waals surface area contributed by atoms with E-state index in [1.165, 1.54) is 11.1 Å². The van der Waals surface area contributed by atoms with Crippen molar-refractivity contribution in [2.75, 3.05) is 6.54 Å². The summed E-state index contributed by atoms with van der Waals surface area (Å²) in [5, 5.41) is 2.92. The zero-order valence-corrected chi connectivity index (χ0v) is 11.2. The molecule has 0 radical (unpaired) electrons. The van der Waals surface area contributed by atoms with E-state index in [2.05, 4.69) is 28.5 Å². The third-order valence-corrected chi connectivity index (χ3v) is 3.56. The average Bonchev–Trinajstić information content (AvgIpc) is 2.53. The van der Waals surface area contributed by atoms with Crippen molar-refractivity contribution in [3.63, 3.8) is 0 Å². The quantitative estimate of drug-likeness (QED) is 0.907. The summed E-state index contributed by atoms with van der Waals surface area (Å²) >= 11 is 0. The van der Waals surface area contributed by atoms with Crippen LogP contribution in [0.3, 0.4) is 0 Å². The van der Waals surface area contributed by atoms with Crippen LogP contribution in [-0.2, 0) is 19.5 Å². The molecule has 0 unspecified atom stereocenters. The van der Waals surface area contributed by atoms with Gasteiger partial charge in [0.05, 0.1) is 12.2 Å². The first-order valence-corrected chi connectivity index (χ1v) is 6.82. The zero-order valence-electron chi connectivity index (χ0n) is 11.2. The molecule has 2 amide bonds. The van der Waals surface area contributed by atoms with Gasteiger partial charge in [0.2, 0.25) is 0 Å². The van der Waals surface area contributed by atoms with Gasteiger partial charge in [-0.1, -0.05) is 30.3 Å². The predicted octanol–water partition coefficient (Wildman–Crippen LogP) is 2.35. The van der Waals surface area contributed by atoms with Crippen molar-refractivity contribution < 1.29 is 4.79 Å². The van der Waals surface area contributed by atoms with Crippen LogP contribution < -0.4 is 5.32 Å². The van der Waals surface area contributed by atoms with Crippen LogP contribution >= 0.6 is 0 Å². The molecule has 1 N–H and O–H groups in total. The van der Waals surface area contributed by atoms with Crippen molar-refractivity contribution in [3.05, 3.63) is 65.5 Å². The molecule has 0 spiro atoms. The van der Waals surface area contributed by atoms with Crippen LogP contribution in [0.25, 0.3) is 0 Å². The van der Waals surface area contributed by atoms with Crippen LogP contribution in [-0.4, -0.2) is 22.5 Å². The molecule has 2 heterocycles. The summed E-state index contributed by atoms with van der Waals surface area (Å²) < 4.78 is 0. The highest BCUT2D eigenvalue weighted by Crippen LogP contribution is 2.18. The Labute approximate surface area is 118 Å². The fourth-order valence-corrected chi connectivity index (χ4v) is 2.45. The van der Waals surface area contributed by atoms with Gasteiger partial charge in [0.25, 0.3) is 0 Å². The molecule has 0 aliphatic carbocycles. The van der Waals surface area contributed by atoms with Gasteiger partial charge in [0.15, 0.2) is 0 Å². The summed E-state index contributed by atoms with van der Waals surface area (Å²) in [7, 11) is 0. The van der Waals surface area contributed by atoms with Crippen LogP contribution in [0.4, 0.5) is 4.79 Å². The van der Waals surface area contributed by atoms with Crippen molar-refractivity contribution in [1.29, 1.82) is 0 Å². The first kappa shape index (κ1) is 12.7. The molecule has 1 aliphatic heterocycles. The highest BCUT2D eigenvalue weighted by molar-refractivity contribution is 5.74. The molecule has 0 atom stereocenters. The Hall–Kier alpha value is -2.36. The van der Waals surface area contributed by atoms with Crippen molar-refractivity contribution in [2.45, 2.75) is 19.5 Å². The van der Waals surface area contributed by atoms with E-state index in [1.54, 1.807) is 6.20 Å². The van der Waals surface area contributed by atoms with E-state index in [-0.39, 0.29) is 6.03 Å². The number of amides is 2. The van der Waals surface area contributed by atoms with Crippen molar-refractivity contribution >= 4 is 6.03 Å². The van der Waals surface area contributed by atoms with E-state index in [4.69, 9.17) is 0 Å². The maximum absolute atomic E-state index is 12.2. The van der Waals surface area contributed by atoms with E-state index in [0.717, 1.165) is 18.7 Å². The molecule has 4 nitrogen and oxygen atoms in total. The van der Waals surface area contributed by atoms with E-state index in [9.17, 15) is 4.79 Å². The van der Waals surface area contributed by atoms with E-state index in [0.29, 0.717) is 13.1 Å². The number of rotatable bonds is 2. The van der Waals surface area contributed by atoms with Gasteiger partial charge in [-0.3, -0.25) is 4.98 Å². The minimum Gasteiger partial charge on any atom is -0.332 e. The maximum Gasteiger partial charge on any atom is 0.318 e. The highest BCUT2D eigenvalue weighted by Gasteiger charge is 2.19. The minimum absolute atomic E-state index is 0.0230. The summed E-state index contributed by atoms with van der Waals surface area (Å²) in [6.07, 6.45) is 2.66. The Morgan fingerprint density at radius 1 is 1.15 bits per heavy atom. The molecule has 3 rings (SSSR count). The van der Waals surface area contributed by atoms with Crippen molar-refractivity contribution in [3.8, 4) is 0 Å². The van der Waals surface area contributed by atoms with Gasteiger partial charge in [-0.05, 0) is 29.7 Å². The number of aromatic nitrogens is 1. The molecule has 0 saturated heterocycles. The molecule has 0 saturated carbocycles. The lowest BCUT2D eigenvalue weighted by Gasteiger charge is -2.28. The fourth-order valence-electron chi connectivity index (χ4n) is 2.45. The number of fused-ring (bicyclic) bond motifs is 1. The molecular weight excluding hydrogens is 250 g/mol. The van der Waals surface area contributed by atoms with E-state index < -0.39 is 0 Å². The van der Waals surface area contributed by atoms with Gasteiger partial charge in [0, 0.05) is 19.3 Å². The number of urea groups is 1. The number of hydrogen-bond acceptors (Lipinski definition) is 2. The Morgan fingerprint density at radius 3 is 2.75 bits per heavy atom. The lowest BCUT2D eigenvalue weighted by atomic mass is 10.0. The molecule has 20 heavy (non-hydrogen) atoms. The Morgan fingerprint density at radius 2 is 1.95 bits per heavy atom. The topological polar surface area (TPSA) is 45.2 Å². The number of hydrogen-bond donors (Lipinski definition) is 1. The molecule has 0 bridgehead atoms. The standard InChI is InChI=1S/C16H17N3O/c20-16(18-11-15-7-3-4-9-17-15)19-10-8-13-5-1-2-6-14(13)12-19/h1-7,9H,8,10-12H2,(H,18,20). The zero-order chi connectivity index (χ0) is 13.8. The molecule has 1 aromatic carbocycles. The van der Waals surface area contributed by atoms with Crippen molar-refractivity contribution in [1.82, 2.24) is 15.2 Å². The second kappa shape index (κ2) is 5.74. The lowest BCUT2D eigenvalue weighted by molar-refractivity contribution is 0.192. The van der Waals surface area contributed by atoms with Gasteiger partial charge in [0.1, 0.15) is 0 Å².